The monoisotopic (exact) mass is 339 g/mol. The van der Waals surface area contributed by atoms with Crippen LogP contribution in [0.5, 0.6) is 0 Å². The first kappa shape index (κ1) is 16.3. The van der Waals surface area contributed by atoms with Crippen LogP contribution in [-0.2, 0) is 7.05 Å². The molecule has 132 valence electrons. The van der Waals surface area contributed by atoms with Gasteiger partial charge in [0, 0.05) is 54.7 Å². The second kappa shape index (κ2) is 6.98. The van der Waals surface area contributed by atoms with Crippen LogP contribution in [0.15, 0.2) is 30.9 Å². The summed E-state index contributed by atoms with van der Waals surface area (Å²) in [4.78, 5) is 7.92. The van der Waals surface area contributed by atoms with Crippen LogP contribution < -0.4 is 5.32 Å². The van der Waals surface area contributed by atoms with Crippen molar-refractivity contribution in [2.24, 2.45) is 7.05 Å². The third-order valence-corrected chi connectivity index (χ3v) is 5.31. The molecule has 0 atom stereocenters. The molecule has 6 nitrogen and oxygen atoms in total. The number of fused-ring (bicyclic) bond motifs is 1. The molecule has 1 saturated carbocycles. The van der Waals surface area contributed by atoms with E-state index in [1.54, 1.807) is 0 Å². The number of aliphatic hydroxyl groups excluding tert-OH is 1. The molecule has 3 aromatic rings. The first-order chi connectivity index (χ1) is 12.2. The van der Waals surface area contributed by atoms with Crippen molar-refractivity contribution in [1.82, 2.24) is 25.1 Å². The molecule has 3 heterocycles. The molecule has 0 bridgehead atoms. The molecule has 1 aliphatic rings. The Hall–Kier alpha value is -2.18. The van der Waals surface area contributed by atoms with Crippen molar-refractivity contribution in [2.75, 3.05) is 13.2 Å². The van der Waals surface area contributed by atoms with E-state index in [4.69, 9.17) is 5.11 Å². The summed E-state index contributed by atoms with van der Waals surface area (Å²) in [5, 5.41) is 17.8. The molecular formula is C19H25N5O. The topological polar surface area (TPSA) is 78.8 Å². The zero-order chi connectivity index (χ0) is 17.2. The van der Waals surface area contributed by atoms with Gasteiger partial charge in [-0.3, -0.25) is 4.68 Å². The van der Waals surface area contributed by atoms with Gasteiger partial charge in [-0.25, -0.2) is 4.98 Å². The number of hydrogen-bond donors (Lipinski definition) is 3. The summed E-state index contributed by atoms with van der Waals surface area (Å²) >= 11 is 0. The number of aryl methyl sites for hydroxylation is 1. The summed E-state index contributed by atoms with van der Waals surface area (Å²) in [6.07, 6.45) is 12.6. The first-order valence-electron chi connectivity index (χ1n) is 9.05. The Morgan fingerprint density at radius 2 is 2.12 bits per heavy atom. The Morgan fingerprint density at radius 3 is 2.84 bits per heavy atom. The van der Waals surface area contributed by atoms with Crippen LogP contribution in [0.25, 0.3) is 22.2 Å². The minimum atomic E-state index is 0.213. The van der Waals surface area contributed by atoms with Gasteiger partial charge < -0.3 is 15.4 Å². The highest BCUT2D eigenvalue weighted by atomic mass is 16.3. The van der Waals surface area contributed by atoms with Crippen molar-refractivity contribution in [2.45, 2.75) is 37.6 Å². The number of aromatic amines is 1. The van der Waals surface area contributed by atoms with E-state index in [0.717, 1.165) is 29.6 Å². The van der Waals surface area contributed by atoms with Crippen LogP contribution in [0.3, 0.4) is 0 Å². The van der Waals surface area contributed by atoms with Gasteiger partial charge in [-0.15, -0.1) is 0 Å². The Labute approximate surface area is 147 Å². The van der Waals surface area contributed by atoms with E-state index in [9.17, 15) is 0 Å². The first-order valence-corrected chi connectivity index (χ1v) is 9.05. The standard InChI is InChI=1S/C19H25N5O/c1-24-12-15(10-23-24)18-11-22-19-17(18)8-14(9-21-19)13-2-4-16(5-3-13)20-6-7-25/h8-13,16,20,25H,2-7H2,1H3,(H,21,22)/t13-,16+. The lowest BCUT2D eigenvalue weighted by molar-refractivity contribution is 0.267. The maximum atomic E-state index is 8.95. The van der Waals surface area contributed by atoms with Crippen molar-refractivity contribution in [3.63, 3.8) is 0 Å². The van der Waals surface area contributed by atoms with E-state index in [1.165, 1.54) is 23.8 Å². The fourth-order valence-corrected chi connectivity index (χ4v) is 3.94. The van der Waals surface area contributed by atoms with Gasteiger partial charge in [-0.2, -0.15) is 5.10 Å². The van der Waals surface area contributed by atoms with Crippen LogP contribution in [0.4, 0.5) is 0 Å². The minimum Gasteiger partial charge on any atom is -0.395 e. The van der Waals surface area contributed by atoms with Gasteiger partial charge in [-0.05, 0) is 43.2 Å². The van der Waals surface area contributed by atoms with Crippen LogP contribution in [0, 0.1) is 0 Å². The summed E-state index contributed by atoms with van der Waals surface area (Å²) in [6, 6.07) is 2.84. The molecule has 0 aromatic carbocycles. The lowest BCUT2D eigenvalue weighted by Gasteiger charge is -2.29. The van der Waals surface area contributed by atoms with Gasteiger partial charge in [0.2, 0.25) is 0 Å². The minimum absolute atomic E-state index is 0.213. The molecule has 3 N–H and O–H groups in total. The Kier molecular flexibility index (Phi) is 4.55. The predicted molar refractivity (Wildman–Crippen MR) is 98.4 cm³/mol. The fraction of sp³-hybridized carbons (Fsp3) is 0.474. The van der Waals surface area contributed by atoms with Crippen molar-refractivity contribution in [1.29, 1.82) is 0 Å². The molecule has 0 amide bonds. The van der Waals surface area contributed by atoms with E-state index >= 15 is 0 Å². The number of pyridine rings is 1. The molecule has 0 saturated heterocycles. The quantitative estimate of drug-likeness (QED) is 0.667. The van der Waals surface area contributed by atoms with E-state index < -0.39 is 0 Å². The summed E-state index contributed by atoms with van der Waals surface area (Å²) in [7, 11) is 1.94. The van der Waals surface area contributed by atoms with E-state index in [2.05, 4.69) is 26.4 Å². The molecular weight excluding hydrogens is 314 g/mol. The van der Waals surface area contributed by atoms with Crippen molar-refractivity contribution in [3.05, 3.63) is 36.4 Å². The zero-order valence-corrected chi connectivity index (χ0v) is 14.6. The largest absolute Gasteiger partial charge is 0.395 e. The van der Waals surface area contributed by atoms with Gasteiger partial charge in [-0.1, -0.05) is 0 Å². The van der Waals surface area contributed by atoms with Crippen LogP contribution in [-0.4, -0.2) is 44.0 Å². The lowest BCUT2D eigenvalue weighted by atomic mass is 9.82. The SMILES string of the molecule is Cn1cc(-c2c[nH]c3ncc([C@H]4CC[C@@H](NCCO)CC4)cc23)cn1. The average Bonchev–Trinajstić information content (AvgIpc) is 3.25. The molecule has 0 aliphatic heterocycles. The average molecular weight is 339 g/mol. The molecule has 3 aromatic heterocycles. The molecule has 25 heavy (non-hydrogen) atoms. The highest BCUT2D eigenvalue weighted by molar-refractivity contribution is 5.93. The van der Waals surface area contributed by atoms with E-state index in [-0.39, 0.29) is 6.61 Å². The Balaban J connectivity index is 1.55. The van der Waals surface area contributed by atoms with Crippen LogP contribution in [0.2, 0.25) is 0 Å². The molecule has 1 fully saturated rings. The van der Waals surface area contributed by atoms with E-state index in [1.807, 2.05) is 36.5 Å². The van der Waals surface area contributed by atoms with Crippen molar-refractivity contribution < 1.29 is 5.11 Å². The number of aliphatic hydroxyl groups is 1. The Bertz CT molecular complexity index is 844. The molecule has 0 radical (unpaired) electrons. The number of nitrogens with zero attached hydrogens (tertiary/aromatic N) is 3. The van der Waals surface area contributed by atoms with Crippen LogP contribution in [0.1, 0.15) is 37.2 Å². The maximum absolute atomic E-state index is 8.95. The highest BCUT2D eigenvalue weighted by Crippen LogP contribution is 2.35. The van der Waals surface area contributed by atoms with Crippen molar-refractivity contribution >= 4 is 11.0 Å². The molecule has 1 aliphatic carbocycles. The third-order valence-electron chi connectivity index (χ3n) is 5.31. The van der Waals surface area contributed by atoms with Gasteiger partial charge >= 0.3 is 0 Å². The molecule has 4 rings (SSSR count). The highest BCUT2D eigenvalue weighted by Gasteiger charge is 2.23. The summed E-state index contributed by atoms with van der Waals surface area (Å²) < 4.78 is 1.83. The maximum Gasteiger partial charge on any atom is 0.137 e. The fourth-order valence-electron chi connectivity index (χ4n) is 3.94. The summed E-state index contributed by atoms with van der Waals surface area (Å²) in [6.45, 7) is 0.909. The molecule has 6 heteroatoms. The van der Waals surface area contributed by atoms with Crippen LogP contribution >= 0.6 is 0 Å². The normalized spacial score (nSPS) is 21.0. The third kappa shape index (κ3) is 3.32. The van der Waals surface area contributed by atoms with E-state index in [0.29, 0.717) is 18.5 Å². The number of H-pyrrole nitrogens is 1. The summed E-state index contributed by atoms with van der Waals surface area (Å²) in [5.74, 6) is 0.570. The number of hydrogen-bond acceptors (Lipinski definition) is 4. The zero-order valence-electron chi connectivity index (χ0n) is 14.6. The summed E-state index contributed by atoms with van der Waals surface area (Å²) in [5.41, 5.74) is 4.54. The van der Waals surface area contributed by atoms with Gasteiger partial charge in [0.05, 0.1) is 12.8 Å². The molecule has 0 unspecified atom stereocenters. The van der Waals surface area contributed by atoms with Gasteiger partial charge in [0.1, 0.15) is 5.65 Å². The Morgan fingerprint density at radius 1 is 1.28 bits per heavy atom. The predicted octanol–water partition coefficient (Wildman–Crippen LogP) is 2.57. The number of aromatic nitrogens is 4. The second-order valence-electron chi connectivity index (χ2n) is 7.00. The van der Waals surface area contributed by atoms with Gasteiger partial charge in [0.25, 0.3) is 0 Å². The smallest absolute Gasteiger partial charge is 0.137 e. The number of nitrogens with one attached hydrogen (secondary N) is 2. The molecule has 0 spiro atoms. The van der Waals surface area contributed by atoms with Gasteiger partial charge in [0.15, 0.2) is 0 Å². The van der Waals surface area contributed by atoms with Crippen molar-refractivity contribution in [3.8, 4) is 11.1 Å². The second-order valence-corrected chi connectivity index (χ2v) is 7.00. The number of rotatable bonds is 5. The lowest BCUT2D eigenvalue weighted by Crippen LogP contribution is -2.34.